The second kappa shape index (κ2) is 5.10. The van der Waals surface area contributed by atoms with Crippen molar-refractivity contribution < 1.29 is 13.5 Å². The summed E-state index contributed by atoms with van der Waals surface area (Å²) < 4.78 is 27.4. The second-order valence-corrected chi connectivity index (χ2v) is 7.60. The molecular formula is C14H19N3O3S. The lowest BCUT2D eigenvalue weighted by Gasteiger charge is -2.35. The van der Waals surface area contributed by atoms with Gasteiger partial charge in [-0.1, -0.05) is 18.2 Å². The lowest BCUT2D eigenvalue weighted by atomic mass is 9.99. The van der Waals surface area contributed by atoms with Crippen LogP contribution in [0.3, 0.4) is 0 Å². The van der Waals surface area contributed by atoms with Crippen LogP contribution in [-0.2, 0) is 23.2 Å². The highest BCUT2D eigenvalue weighted by atomic mass is 32.2. The van der Waals surface area contributed by atoms with Crippen LogP contribution < -0.4 is 0 Å². The van der Waals surface area contributed by atoms with Crippen molar-refractivity contribution in [3.63, 3.8) is 0 Å². The number of aromatic nitrogens is 1. The highest BCUT2D eigenvalue weighted by Gasteiger charge is 2.37. The summed E-state index contributed by atoms with van der Waals surface area (Å²) in [6.45, 7) is 0.0712. The number of nitrogens with one attached hydrogen (secondary N) is 1. The number of aliphatic hydroxyl groups is 1. The number of aromatic amines is 1. The number of hydrogen-bond donors (Lipinski definition) is 2. The van der Waals surface area contributed by atoms with E-state index in [1.807, 2.05) is 24.3 Å². The smallest absolute Gasteiger partial charge is 0.282 e. The minimum Gasteiger partial charge on any atom is -0.395 e. The maximum absolute atomic E-state index is 12.4. The average molecular weight is 309 g/mol. The molecule has 1 unspecified atom stereocenters. The number of rotatable bonds is 3. The van der Waals surface area contributed by atoms with E-state index < -0.39 is 16.3 Å². The Morgan fingerprint density at radius 1 is 1.38 bits per heavy atom. The first-order chi connectivity index (χ1) is 9.95. The zero-order chi connectivity index (χ0) is 15.2. The van der Waals surface area contributed by atoms with Gasteiger partial charge in [-0.2, -0.15) is 17.0 Å². The van der Waals surface area contributed by atoms with Gasteiger partial charge >= 0.3 is 0 Å². The van der Waals surface area contributed by atoms with Gasteiger partial charge in [-0.3, -0.25) is 0 Å². The number of para-hydroxylation sites is 1. The molecule has 2 aromatic rings. The molecule has 21 heavy (non-hydrogen) atoms. The largest absolute Gasteiger partial charge is 0.395 e. The van der Waals surface area contributed by atoms with Gasteiger partial charge in [0, 0.05) is 30.7 Å². The predicted molar refractivity (Wildman–Crippen MR) is 81.0 cm³/mol. The number of aliphatic hydroxyl groups excluding tert-OH is 1. The summed E-state index contributed by atoms with van der Waals surface area (Å²) in [4.78, 5) is 3.30. The molecule has 1 atom stereocenters. The summed E-state index contributed by atoms with van der Waals surface area (Å²) in [5, 5.41) is 10.7. The van der Waals surface area contributed by atoms with E-state index in [2.05, 4.69) is 4.98 Å². The molecule has 7 heteroatoms. The highest BCUT2D eigenvalue weighted by Crippen LogP contribution is 2.31. The molecule has 2 N–H and O–H groups in total. The molecule has 0 saturated carbocycles. The zero-order valence-electron chi connectivity index (χ0n) is 12.1. The molecular weight excluding hydrogens is 290 g/mol. The van der Waals surface area contributed by atoms with Gasteiger partial charge in [0.2, 0.25) is 0 Å². The number of H-pyrrole nitrogens is 1. The van der Waals surface area contributed by atoms with Crippen LogP contribution in [0.15, 0.2) is 24.3 Å². The van der Waals surface area contributed by atoms with E-state index >= 15 is 0 Å². The molecule has 0 aliphatic carbocycles. The van der Waals surface area contributed by atoms with Crippen LogP contribution in [0.25, 0.3) is 10.9 Å². The summed E-state index contributed by atoms with van der Waals surface area (Å²) in [5.74, 6) is 0. The Bertz CT molecular complexity index is 767. The lowest BCUT2D eigenvalue weighted by Crippen LogP contribution is -2.50. The topological polar surface area (TPSA) is 76.6 Å². The molecule has 6 nitrogen and oxygen atoms in total. The molecule has 3 rings (SSSR count). The van der Waals surface area contributed by atoms with Gasteiger partial charge in [0.25, 0.3) is 10.2 Å². The third-order valence-corrected chi connectivity index (χ3v) is 5.97. The van der Waals surface area contributed by atoms with Crippen LogP contribution in [0.1, 0.15) is 11.3 Å². The van der Waals surface area contributed by atoms with Crippen molar-refractivity contribution in [2.24, 2.45) is 0 Å². The van der Waals surface area contributed by atoms with E-state index in [1.54, 1.807) is 0 Å². The van der Waals surface area contributed by atoms with Gasteiger partial charge in [0.15, 0.2) is 0 Å². The summed E-state index contributed by atoms with van der Waals surface area (Å²) in [6.07, 6.45) is 0.517. The molecule has 1 aliphatic heterocycles. The van der Waals surface area contributed by atoms with Crippen molar-refractivity contribution in [2.75, 3.05) is 20.7 Å². The van der Waals surface area contributed by atoms with Crippen molar-refractivity contribution in [3.05, 3.63) is 35.5 Å². The van der Waals surface area contributed by atoms with Crippen LogP contribution in [0.5, 0.6) is 0 Å². The third kappa shape index (κ3) is 2.26. The van der Waals surface area contributed by atoms with Crippen LogP contribution in [0.2, 0.25) is 0 Å². The Morgan fingerprint density at radius 2 is 2.10 bits per heavy atom. The quantitative estimate of drug-likeness (QED) is 0.876. The standard InChI is InChI=1S/C14H19N3O3S/c1-16(2)21(19,20)17-8-14-12(7-10(17)9-18)11-5-3-4-6-13(11)15-14/h3-6,10,15,18H,7-9H2,1-2H3. The maximum Gasteiger partial charge on any atom is 0.282 e. The summed E-state index contributed by atoms with van der Waals surface area (Å²) >= 11 is 0. The van der Waals surface area contributed by atoms with Gasteiger partial charge < -0.3 is 10.1 Å². The predicted octanol–water partition coefficient (Wildman–Crippen LogP) is 0.693. The fourth-order valence-corrected chi connectivity index (χ4v) is 4.11. The minimum atomic E-state index is -3.55. The van der Waals surface area contributed by atoms with Crippen molar-refractivity contribution >= 4 is 21.1 Å². The maximum atomic E-state index is 12.4. The zero-order valence-corrected chi connectivity index (χ0v) is 12.9. The number of benzene rings is 1. The Morgan fingerprint density at radius 3 is 2.76 bits per heavy atom. The lowest BCUT2D eigenvalue weighted by molar-refractivity contribution is 0.168. The van der Waals surface area contributed by atoms with Gasteiger partial charge in [-0.15, -0.1) is 0 Å². The summed E-state index contributed by atoms with van der Waals surface area (Å²) in [7, 11) is -0.546. The van der Waals surface area contributed by atoms with Crippen molar-refractivity contribution in [1.82, 2.24) is 13.6 Å². The van der Waals surface area contributed by atoms with Crippen molar-refractivity contribution in [3.8, 4) is 0 Å². The fraction of sp³-hybridized carbons (Fsp3) is 0.429. The molecule has 2 heterocycles. The molecule has 0 amide bonds. The van der Waals surface area contributed by atoms with E-state index in [0.29, 0.717) is 6.42 Å². The van der Waals surface area contributed by atoms with Gasteiger partial charge in [0.1, 0.15) is 0 Å². The Labute approximate surface area is 124 Å². The monoisotopic (exact) mass is 309 g/mol. The van der Waals surface area contributed by atoms with Gasteiger partial charge in [-0.05, 0) is 18.1 Å². The van der Waals surface area contributed by atoms with Crippen LogP contribution >= 0.6 is 0 Å². The molecule has 1 aromatic carbocycles. The van der Waals surface area contributed by atoms with Crippen LogP contribution in [-0.4, -0.2) is 53.9 Å². The van der Waals surface area contributed by atoms with E-state index in [4.69, 9.17) is 0 Å². The van der Waals surface area contributed by atoms with Crippen molar-refractivity contribution in [2.45, 2.75) is 19.0 Å². The normalized spacial score (nSPS) is 20.1. The van der Waals surface area contributed by atoms with E-state index in [1.165, 1.54) is 22.7 Å². The molecule has 1 aromatic heterocycles. The second-order valence-electron chi connectivity index (χ2n) is 5.50. The van der Waals surface area contributed by atoms with E-state index in [0.717, 1.165) is 22.2 Å². The number of fused-ring (bicyclic) bond motifs is 3. The SMILES string of the molecule is CN(C)S(=O)(=O)N1Cc2[nH]c3ccccc3c2CC1CO. The summed E-state index contributed by atoms with van der Waals surface area (Å²) in [6, 6.07) is 7.49. The number of nitrogens with zero attached hydrogens (tertiary/aromatic N) is 2. The molecule has 1 aliphatic rings. The Balaban J connectivity index is 2.09. The molecule has 0 fully saturated rings. The molecule has 114 valence electrons. The number of hydrogen-bond acceptors (Lipinski definition) is 3. The van der Waals surface area contributed by atoms with Crippen LogP contribution in [0.4, 0.5) is 0 Å². The Kier molecular flexibility index (Phi) is 3.53. The first kappa shape index (κ1) is 14.5. The van der Waals surface area contributed by atoms with Crippen molar-refractivity contribution in [1.29, 1.82) is 0 Å². The molecule has 0 radical (unpaired) electrons. The minimum absolute atomic E-state index is 0.188. The third-order valence-electron chi connectivity index (χ3n) is 4.03. The van der Waals surface area contributed by atoms with E-state index in [-0.39, 0.29) is 13.2 Å². The molecule has 0 bridgehead atoms. The molecule has 0 spiro atoms. The van der Waals surface area contributed by atoms with Gasteiger partial charge in [-0.25, -0.2) is 0 Å². The van der Waals surface area contributed by atoms with E-state index in [9.17, 15) is 13.5 Å². The highest BCUT2D eigenvalue weighted by molar-refractivity contribution is 7.86. The summed E-state index contributed by atoms with van der Waals surface area (Å²) in [5.41, 5.74) is 3.02. The molecule has 0 saturated heterocycles. The Hall–Kier alpha value is -1.41. The van der Waals surface area contributed by atoms with Crippen LogP contribution in [0, 0.1) is 0 Å². The average Bonchev–Trinajstić information content (AvgIpc) is 2.83. The first-order valence-electron chi connectivity index (χ1n) is 6.83. The fourth-order valence-electron chi connectivity index (χ4n) is 2.88. The first-order valence-corrected chi connectivity index (χ1v) is 8.23. The van der Waals surface area contributed by atoms with Gasteiger partial charge in [0.05, 0.1) is 19.2 Å².